The minimum atomic E-state index is 0. The highest BCUT2D eigenvalue weighted by Crippen LogP contribution is 2.57. The van der Waals surface area contributed by atoms with Gasteiger partial charge in [-0.3, -0.25) is 0 Å². The molecule has 3 N–H and O–H groups in total. The molecule has 2 aliphatic carbocycles. The molecule has 196 valence electrons. The van der Waals surface area contributed by atoms with E-state index in [2.05, 4.69) is 81.7 Å². The molecule has 0 spiro atoms. The molecule has 1 saturated carbocycles. The van der Waals surface area contributed by atoms with Crippen LogP contribution >= 0.6 is 36.6 Å². The Balaban J connectivity index is 0.00000216. The monoisotopic (exact) mass is 536 g/mol. The number of nitrogens with two attached hydrogens (primary N) is 1. The molecule has 0 heterocycles. The molecule has 0 aromatic heterocycles. The van der Waals surface area contributed by atoms with E-state index >= 15 is 0 Å². The fraction of sp³-hybridized carbons (Fsp3) is 0.600. The van der Waals surface area contributed by atoms with Gasteiger partial charge in [0.2, 0.25) is 0 Å². The number of fused-ring (bicyclic) bond motifs is 3. The summed E-state index contributed by atoms with van der Waals surface area (Å²) in [6, 6.07) is 16.2. The highest BCUT2D eigenvalue weighted by Gasteiger charge is 2.51. The summed E-state index contributed by atoms with van der Waals surface area (Å²) in [7, 11) is 0. The molecule has 35 heavy (non-hydrogen) atoms. The van der Waals surface area contributed by atoms with Crippen LogP contribution in [0.1, 0.15) is 94.0 Å². The normalized spacial score (nSPS) is 26.2. The second-order valence-electron chi connectivity index (χ2n) is 11.4. The maximum atomic E-state index is 6.51. The van der Waals surface area contributed by atoms with Crippen LogP contribution in [0, 0.1) is 11.3 Å². The summed E-state index contributed by atoms with van der Waals surface area (Å²) >= 11 is 1.78. The molecule has 1 fully saturated rings. The largest absolute Gasteiger partial charge is 0.324 e. The molecule has 4 atom stereocenters. The van der Waals surface area contributed by atoms with Crippen molar-refractivity contribution >= 4 is 36.6 Å². The van der Waals surface area contributed by atoms with Crippen molar-refractivity contribution in [2.45, 2.75) is 88.5 Å². The van der Waals surface area contributed by atoms with E-state index in [9.17, 15) is 0 Å². The van der Waals surface area contributed by atoms with Crippen LogP contribution in [0.5, 0.6) is 0 Å². The van der Waals surface area contributed by atoms with Crippen LogP contribution in [0.2, 0.25) is 0 Å². The molecule has 0 amide bonds. The van der Waals surface area contributed by atoms with E-state index < -0.39 is 0 Å². The van der Waals surface area contributed by atoms with Crippen molar-refractivity contribution in [3.63, 3.8) is 0 Å². The van der Waals surface area contributed by atoms with E-state index in [1.807, 2.05) is 0 Å². The van der Waals surface area contributed by atoms with Crippen LogP contribution in [0.3, 0.4) is 0 Å². The standard InChI is InChI=1S/C30H44N2S.2ClH/c1-21(2)23-9-13-26-24(19-23)10-14-28-29(3,16-6-17-30(26,28)4)20-32-18-15-27(31)22-7-11-25(33-5)12-8-22;;/h7-9,11-13,19,21,27-28,32H,6,10,14-18,20,31H2,1-5H3;2*1H. The first-order valence-corrected chi connectivity index (χ1v) is 14.2. The molecular formula is C30H46Cl2N2S. The fourth-order valence-electron chi connectivity index (χ4n) is 6.86. The number of halogens is 2. The lowest BCUT2D eigenvalue weighted by atomic mass is 9.49. The zero-order valence-corrected chi connectivity index (χ0v) is 24.7. The van der Waals surface area contributed by atoms with Gasteiger partial charge in [0.1, 0.15) is 0 Å². The molecule has 0 bridgehead atoms. The Bertz CT molecular complexity index is 948. The van der Waals surface area contributed by atoms with Gasteiger partial charge in [-0.15, -0.1) is 36.6 Å². The van der Waals surface area contributed by atoms with Gasteiger partial charge >= 0.3 is 0 Å². The fourth-order valence-corrected chi connectivity index (χ4v) is 7.27. The lowest BCUT2D eigenvalue weighted by molar-refractivity contribution is 0.0259. The van der Waals surface area contributed by atoms with Crippen LogP contribution in [-0.4, -0.2) is 19.3 Å². The predicted octanol–water partition coefficient (Wildman–Crippen LogP) is 8.07. The van der Waals surface area contributed by atoms with Crippen molar-refractivity contribution in [2.75, 3.05) is 19.3 Å². The van der Waals surface area contributed by atoms with Crippen LogP contribution in [-0.2, 0) is 11.8 Å². The van der Waals surface area contributed by atoms with Gasteiger partial charge < -0.3 is 11.1 Å². The van der Waals surface area contributed by atoms with Crippen molar-refractivity contribution in [1.29, 1.82) is 0 Å². The van der Waals surface area contributed by atoms with Crippen molar-refractivity contribution in [1.82, 2.24) is 5.32 Å². The molecule has 2 aliphatic rings. The summed E-state index contributed by atoms with van der Waals surface area (Å²) in [6.07, 6.45) is 9.66. The Labute approximate surface area is 230 Å². The maximum Gasteiger partial charge on any atom is 0.0307 e. The maximum absolute atomic E-state index is 6.51. The third kappa shape index (κ3) is 6.41. The number of hydrogen-bond donors (Lipinski definition) is 2. The average Bonchev–Trinajstić information content (AvgIpc) is 2.81. The molecule has 0 aliphatic heterocycles. The minimum absolute atomic E-state index is 0. The molecule has 4 unspecified atom stereocenters. The predicted molar refractivity (Wildman–Crippen MR) is 159 cm³/mol. The number of nitrogens with one attached hydrogen (secondary N) is 1. The molecule has 0 saturated heterocycles. The topological polar surface area (TPSA) is 38.0 Å². The van der Waals surface area contributed by atoms with Crippen molar-refractivity contribution in [2.24, 2.45) is 17.1 Å². The van der Waals surface area contributed by atoms with E-state index in [0.717, 1.165) is 25.4 Å². The summed E-state index contributed by atoms with van der Waals surface area (Å²) in [4.78, 5) is 1.30. The molecular weight excluding hydrogens is 491 g/mol. The van der Waals surface area contributed by atoms with Gasteiger partial charge in [-0.2, -0.15) is 0 Å². The number of aryl methyl sites for hydroxylation is 1. The highest BCUT2D eigenvalue weighted by atomic mass is 35.5. The summed E-state index contributed by atoms with van der Waals surface area (Å²) in [5, 5.41) is 3.83. The second-order valence-corrected chi connectivity index (χ2v) is 12.3. The summed E-state index contributed by atoms with van der Waals surface area (Å²) in [6.45, 7) is 11.8. The summed E-state index contributed by atoms with van der Waals surface area (Å²) < 4.78 is 0. The first kappa shape index (κ1) is 30.5. The van der Waals surface area contributed by atoms with Crippen LogP contribution in [0.25, 0.3) is 0 Å². The van der Waals surface area contributed by atoms with Gasteiger partial charge in [-0.05, 0) is 102 Å². The van der Waals surface area contributed by atoms with E-state index in [1.165, 1.54) is 48.1 Å². The lowest BCUT2D eigenvalue weighted by Crippen LogP contribution is -2.52. The van der Waals surface area contributed by atoms with E-state index in [-0.39, 0.29) is 30.9 Å². The van der Waals surface area contributed by atoms with Crippen molar-refractivity contribution in [3.8, 4) is 0 Å². The number of thioether (sulfide) groups is 1. The first-order valence-electron chi connectivity index (χ1n) is 13.0. The summed E-state index contributed by atoms with van der Waals surface area (Å²) in [5.74, 6) is 1.35. The van der Waals surface area contributed by atoms with Gasteiger partial charge in [-0.1, -0.05) is 64.4 Å². The Morgan fingerprint density at radius 2 is 1.71 bits per heavy atom. The smallest absolute Gasteiger partial charge is 0.0307 e. The van der Waals surface area contributed by atoms with Crippen molar-refractivity contribution in [3.05, 3.63) is 64.7 Å². The Kier molecular flexibility index (Phi) is 11.1. The Morgan fingerprint density at radius 1 is 1.03 bits per heavy atom. The van der Waals surface area contributed by atoms with Gasteiger partial charge in [-0.25, -0.2) is 0 Å². The molecule has 2 nitrogen and oxygen atoms in total. The van der Waals surface area contributed by atoms with Crippen LogP contribution < -0.4 is 11.1 Å². The SMILES string of the molecule is CSc1ccc(C(N)CCNCC2(C)CCCC3(C)c4ccc(C(C)C)cc4CCC23)cc1.Cl.Cl. The molecule has 2 aromatic rings. The summed E-state index contributed by atoms with van der Waals surface area (Å²) in [5.41, 5.74) is 13.2. The number of rotatable bonds is 8. The third-order valence-electron chi connectivity index (χ3n) is 8.87. The average molecular weight is 538 g/mol. The third-order valence-corrected chi connectivity index (χ3v) is 9.62. The van der Waals surface area contributed by atoms with Gasteiger partial charge in [0.15, 0.2) is 0 Å². The van der Waals surface area contributed by atoms with Gasteiger partial charge in [0.25, 0.3) is 0 Å². The number of hydrogen-bond acceptors (Lipinski definition) is 3. The van der Waals surface area contributed by atoms with E-state index in [0.29, 0.717) is 16.7 Å². The quantitative estimate of drug-likeness (QED) is 0.264. The molecule has 4 rings (SSSR count). The van der Waals surface area contributed by atoms with Gasteiger partial charge in [0, 0.05) is 17.5 Å². The van der Waals surface area contributed by atoms with Crippen LogP contribution in [0.15, 0.2) is 47.4 Å². The van der Waals surface area contributed by atoms with Gasteiger partial charge in [0.05, 0.1) is 0 Å². The van der Waals surface area contributed by atoms with E-state index in [1.54, 1.807) is 22.9 Å². The molecule has 2 aromatic carbocycles. The Hall–Kier alpha value is -0.710. The Morgan fingerprint density at radius 3 is 2.37 bits per heavy atom. The minimum Gasteiger partial charge on any atom is -0.324 e. The van der Waals surface area contributed by atoms with Crippen LogP contribution in [0.4, 0.5) is 0 Å². The lowest BCUT2D eigenvalue weighted by Gasteiger charge is -2.55. The first-order chi connectivity index (χ1) is 15.8. The van der Waals surface area contributed by atoms with E-state index in [4.69, 9.17) is 5.73 Å². The highest BCUT2D eigenvalue weighted by molar-refractivity contribution is 7.98. The van der Waals surface area contributed by atoms with Crippen molar-refractivity contribution < 1.29 is 0 Å². The second kappa shape index (κ2) is 12.7. The molecule has 5 heteroatoms. The number of benzene rings is 2. The zero-order valence-electron chi connectivity index (χ0n) is 22.2. The molecule has 0 radical (unpaired) electrons. The zero-order chi connectivity index (χ0) is 23.6.